The van der Waals surface area contributed by atoms with Crippen LogP contribution in [0.5, 0.6) is 5.75 Å². The monoisotopic (exact) mass is 335 g/mol. The van der Waals surface area contributed by atoms with Crippen molar-refractivity contribution in [2.45, 2.75) is 19.9 Å². The normalized spacial score (nSPS) is 10.5. The van der Waals surface area contributed by atoms with Gasteiger partial charge in [0, 0.05) is 18.9 Å². The van der Waals surface area contributed by atoms with Gasteiger partial charge in [0.2, 0.25) is 5.91 Å². The molecule has 0 bridgehead atoms. The van der Waals surface area contributed by atoms with Crippen LogP contribution in [-0.4, -0.2) is 22.6 Å². The SMILES string of the molecule is COc1ccc(CC(=O)NCc2ccccc2-n2ccnc2C)cc1. The van der Waals surface area contributed by atoms with E-state index in [1.165, 1.54) is 0 Å². The Bertz CT molecular complexity index is 853. The van der Waals surface area contributed by atoms with E-state index < -0.39 is 0 Å². The summed E-state index contributed by atoms with van der Waals surface area (Å²) in [6.07, 6.45) is 4.04. The maximum absolute atomic E-state index is 12.2. The molecule has 128 valence electrons. The summed E-state index contributed by atoms with van der Waals surface area (Å²) in [5, 5.41) is 2.99. The van der Waals surface area contributed by atoms with Crippen LogP contribution in [0.25, 0.3) is 5.69 Å². The highest BCUT2D eigenvalue weighted by atomic mass is 16.5. The van der Waals surface area contributed by atoms with Gasteiger partial charge < -0.3 is 14.6 Å². The Hall–Kier alpha value is -3.08. The fourth-order valence-corrected chi connectivity index (χ4v) is 2.71. The first-order valence-corrected chi connectivity index (χ1v) is 8.15. The summed E-state index contributed by atoms with van der Waals surface area (Å²) >= 11 is 0. The van der Waals surface area contributed by atoms with Gasteiger partial charge in [-0.2, -0.15) is 0 Å². The lowest BCUT2D eigenvalue weighted by atomic mass is 10.1. The molecule has 0 saturated carbocycles. The Morgan fingerprint density at radius 2 is 1.92 bits per heavy atom. The predicted molar refractivity (Wildman–Crippen MR) is 96.8 cm³/mol. The number of ether oxygens (including phenoxy) is 1. The molecular weight excluding hydrogens is 314 g/mol. The minimum atomic E-state index is -0.0117. The average molecular weight is 335 g/mol. The number of imidazole rings is 1. The van der Waals surface area contributed by atoms with Gasteiger partial charge in [0.05, 0.1) is 19.2 Å². The van der Waals surface area contributed by atoms with Crippen LogP contribution in [0.3, 0.4) is 0 Å². The topological polar surface area (TPSA) is 56.1 Å². The van der Waals surface area contributed by atoms with Crippen molar-refractivity contribution < 1.29 is 9.53 Å². The third-order valence-corrected chi connectivity index (χ3v) is 4.08. The van der Waals surface area contributed by atoms with E-state index in [9.17, 15) is 4.79 Å². The van der Waals surface area contributed by atoms with Gasteiger partial charge in [-0.25, -0.2) is 4.98 Å². The smallest absolute Gasteiger partial charge is 0.224 e. The molecule has 0 radical (unpaired) electrons. The minimum Gasteiger partial charge on any atom is -0.497 e. The molecule has 5 nitrogen and oxygen atoms in total. The molecule has 1 heterocycles. The number of hydrogen-bond acceptors (Lipinski definition) is 3. The van der Waals surface area contributed by atoms with Crippen molar-refractivity contribution in [2.75, 3.05) is 7.11 Å². The Balaban J connectivity index is 1.65. The van der Waals surface area contributed by atoms with Crippen LogP contribution in [0.4, 0.5) is 0 Å². The number of amides is 1. The summed E-state index contributed by atoms with van der Waals surface area (Å²) in [6, 6.07) is 15.5. The van der Waals surface area contributed by atoms with Gasteiger partial charge in [-0.1, -0.05) is 30.3 Å². The Kier molecular flexibility index (Phi) is 5.14. The third-order valence-electron chi connectivity index (χ3n) is 4.08. The maximum atomic E-state index is 12.2. The maximum Gasteiger partial charge on any atom is 0.224 e. The Morgan fingerprint density at radius 3 is 2.60 bits per heavy atom. The number of hydrogen-bond donors (Lipinski definition) is 1. The van der Waals surface area contributed by atoms with Gasteiger partial charge >= 0.3 is 0 Å². The first-order chi connectivity index (χ1) is 12.2. The molecule has 25 heavy (non-hydrogen) atoms. The van der Waals surface area contributed by atoms with E-state index in [0.29, 0.717) is 13.0 Å². The fraction of sp³-hybridized carbons (Fsp3) is 0.200. The number of nitrogens with one attached hydrogen (secondary N) is 1. The number of aryl methyl sites for hydroxylation is 1. The second-order valence-electron chi connectivity index (χ2n) is 5.77. The third kappa shape index (κ3) is 4.07. The number of benzene rings is 2. The zero-order valence-electron chi connectivity index (χ0n) is 14.4. The summed E-state index contributed by atoms with van der Waals surface area (Å²) in [6.45, 7) is 2.43. The molecule has 0 saturated heterocycles. The molecule has 1 N–H and O–H groups in total. The second-order valence-corrected chi connectivity index (χ2v) is 5.77. The number of methoxy groups -OCH3 is 1. The predicted octanol–water partition coefficient (Wildman–Crippen LogP) is 3.05. The summed E-state index contributed by atoms with van der Waals surface area (Å²) in [5.74, 6) is 1.69. The van der Waals surface area contributed by atoms with Crippen molar-refractivity contribution in [3.05, 3.63) is 77.9 Å². The van der Waals surface area contributed by atoms with E-state index in [2.05, 4.69) is 10.3 Å². The molecule has 0 fully saturated rings. The van der Waals surface area contributed by atoms with Crippen molar-refractivity contribution in [3.8, 4) is 11.4 Å². The highest BCUT2D eigenvalue weighted by molar-refractivity contribution is 5.78. The van der Waals surface area contributed by atoms with Crippen molar-refractivity contribution in [3.63, 3.8) is 0 Å². The largest absolute Gasteiger partial charge is 0.497 e. The van der Waals surface area contributed by atoms with Gasteiger partial charge in [0.15, 0.2) is 0 Å². The van der Waals surface area contributed by atoms with E-state index in [4.69, 9.17) is 4.74 Å². The molecule has 5 heteroatoms. The summed E-state index contributed by atoms with van der Waals surface area (Å²) in [5.41, 5.74) is 3.03. The zero-order valence-corrected chi connectivity index (χ0v) is 14.4. The van der Waals surface area contributed by atoms with Crippen LogP contribution in [0.2, 0.25) is 0 Å². The van der Waals surface area contributed by atoms with Crippen LogP contribution in [0.1, 0.15) is 17.0 Å². The Labute approximate surface area is 147 Å². The molecule has 3 rings (SSSR count). The van der Waals surface area contributed by atoms with E-state index in [1.54, 1.807) is 13.3 Å². The number of carbonyl (C=O) groups excluding carboxylic acids is 1. The van der Waals surface area contributed by atoms with Gasteiger partial charge in [0.25, 0.3) is 0 Å². The number of para-hydroxylation sites is 1. The van der Waals surface area contributed by atoms with Crippen molar-refractivity contribution in [1.82, 2.24) is 14.9 Å². The summed E-state index contributed by atoms with van der Waals surface area (Å²) in [4.78, 5) is 16.5. The number of carbonyl (C=O) groups is 1. The summed E-state index contributed by atoms with van der Waals surface area (Å²) in [7, 11) is 1.63. The van der Waals surface area contributed by atoms with Crippen molar-refractivity contribution >= 4 is 5.91 Å². The Morgan fingerprint density at radius 1 is 1.16 bits per heavy atom. The molecule has 0 aliphatic carbocycles. The number of nitrogens with zero attached hydrogens (tertiary/aromatic N) is 2. The minimum absolute atomic E-state index is 0.0117. The van der Waals surface area contributed by atoms with Crippen LogP contribution in [0, 0.1) is 6.92 Å². The van der Waals surface area contributed by atoms with Crippen LogP contribution in [0.15, 0.2) is 60.9 Å². The molecule has 1 amide bonds. The number of rotatable bonds is 6. The first kappa shape index (κ1) is 16.8. The van der Waals surface area contributed by atoms with E-state index in [-0.39, 0.29) is 5.91 Å². The van der Waals surface area contributed by atoms with Crippen molar-refractivity contribution in [1.29, 1.82) is 0 Å². The van der Waals surface area contributed by atoms with Gasteiger partial charge in [-0.3, -0.25) is 4.79 Å². The van der Waals surface area contributed by atoms with Gasteiger partial charge in [-0.05, 0) is 36.2 Å². The first-order valence-electron chi connectivity index (χ1n) is 8.15. The zero-order chi connectivity index (χ0) is 17.6. The molecule has 0 spiro atoms. The standard InChI is InChI=1S/C20H21N3O2/c1-15-21-11-12-23(15)19-6-4-3-5-17(19)14-22-20(24)13-16-7-9-18(25-2)10-8-16/h3-12H,13-14H2,1-2H3,(H,22,24). The lowest BCUT2D eigenvalue weighted by molar-refractivity contribution is -0.120. The van der Waals surface area contributed by atoms with Crippen molar-refractivity contribution in [2.24, 2.45) is 0 Å². The molecule has 1 aromatic heterocycles. The lowest BCUT2D eigenvalue weighted by Gasteiger charge is -2.13. The highest BCUT2D eigenvalue weighted by Crippen LogP contribution is 2.16. The van der Waals surface area contributed by atoms with E-state index >= 15 is 0 Å². The van der Waals surface area contributed by atoms with E-state index in [1.807, 2.05) is 66.2 Å². The molecule has 2 aromatic carbocycles. The van der Waals surface area contributed by atoms with Crippen LogP contribution >= 0.6 is 0 Å². The average Bonchev–Trinajstić information content (AvgIpc) is 3.06. The van der Waals surface area contributed by atoms with Crippen LogP contribution < -0.4 is 10.1 Å². The summed E-state index contributed by atoms with van der Waals surface area (Å²) < 4.78 is 7.15. The van der Waals surface area contributed by atoms with Gasteiger partial charge in [0.1, 0.15) is 11.6 Å². The van der Waals surface area contributed by atoms with Crippen LogP contribution in [-0.2, 0) is 17.8 Å². The quantitative estimate of drug-likeness (QED) is 0.753. The van der Waals surface area contributed by atoms with Gasteiger partial charge in [-0.15, -0.1) is 0 Å². The number of aromatic nitrogens is 2. The fourth-order valence-electron chi connectivity index (χ4n) is 2.71. The molecule has 3 aromatic rings. The van der Waals surface area contributed by atoms with E-state index in [0.717, 1.165) is 28.4 Å². The molecule has 0 unspecified atom stereocenters. The molecule has 0 atom stereocenters. The molecule has 0 aliphatic heterocycles. The lowest BCUT2D eigenvalue weighted by Crippen LogP contribution is -2.25. The molecular formula is C20H21N3O2. The second kappa shape index (κ2) is 7.66. The molecule has 0 aliphatic rings. The highest BCUT2D eigenvalue weighted by Gasteiger charge is 2.08.